The van der Waals surface area contributed by atoms with Crippen molar-refractivity contribution >= 4 is 29.1 Å². The summed E-state index contributed by atoms with van der Waals surface area (Å²) in [6, 6.07) is 6.54. The molecule has 6 heteroatoms. The monoisotopic (exact) mass is 324 g/mol. The predicted octanol–water partition coefficient (Wildman–Crippen LogP) is 1.97. The van der Waals surface area contributed by atoms with Crippen LogP contribution in [0.4, 0.5) is 5.69 Å². The Balaban J connectivity index is 1.95. The first-order valence-corrected chi connectivity index (χ1v) is 7.80. The second-order valence-corrected chi connectivity index (χ2v) is 6.33. The zero-order valence-electron chi connectivity index (χ0n) is 12.8. The average Bonchev–Trinajstić information content (AvgIpc) is 2.80. The van der Waals surface area contributed by atoms with E-state index < -0.39 is 12.1 Å². The van der Waals surface area contributed by atoms with E-state index in [9.17, 15) is 14.7 Å². The Morgan fingerprint density at radius 1 is 1.50 bits per heavy atom. The molecule has 0 radical (unpaired) electrons. The predicted molar refractivity (Wildman–Crippen MR) is 85.8 cm³/mol. The number of halogens is 1. The van der Waals surface area contributed by atoms with Gasteiger partial charge in [0.05, 0.1) is 12.5 Å². The zero-order chi connectivity index (χ0) is 16.3. The van der Waals surface area contributed by atoms with Crippen LogP contribution >= 0.6 is 11.6 Å². The maximum absolute atomic E-state index is 12.4. The lowest BCUT2D eigenvalue weighted by molar-refractivity contribution is -0.128. The number of hydrogen-bond donors (Lipinski definition) is 2. The molecule has 22 heavy (non-hydrogen) atoms. The summed E-state index contributed by atoms with van der Waals surface area (Å²) in [6.07, 6.45) is -0.131. The number of nitrogens with one attached hydrogen (secondary N) is 1. The standard InChI is InChI=1S/C16H21ClN2O3/c1-10(2)14(20)9-15(21)18-13-6-7-19(16(13)22)12-5-3-4-11(17)8-12/h3-5,8,10,13-14,20H,6-7,9H2,1-2H3,(H,18,21)/t13-,14+/m0/s1. The minimum absolute atomic E-state index is 0.00740. The molecule has 2 N–H and O–H groups in total. The fourth-order valence-corrected chi connectivity index (χ4v) is 2.58. The van der Waals surface area contributed by atoms with Gasteiger partial charge in [-0.1, -0.05) is 31.5 Å². The second kappa shape index (κ2) is 7.11. The van der Waals surface area contributed by atoms with Crippen molar-refractivity contribution in [3.63, 3.8) is 0 Å². The lowest BCUT2D eigenvalue weighted by atomic mass is 10.0. The third-order valence-corrected chi connectivity index (χ3v) is 4.06. The number of benzene rings is 1. The third-order valence-electron chi connectivity index (χ3n) is 3.82. The first-order valence-electron chi connectivity index (χ1n) is 7.43. The van der Waals surface area contributed by atoms with Gasteiger partial charge in [-0.25, -0.2) is 0 Å². The molecule has 0 spiro atoms. The van der Waals surface area contributed by atoms with Gasteiger partial charge in [0.2, 0.25) is 11.8 Å². The Morgan fingerprint density at radius 2 is 2.23 bits per heavy atom. The summed E-state index contributed by atoms with van der Waals surface area (Å²) < 4.78 is 0. The molecule has 1 saturated heterocycles. The molecule has 0 unspecified atom stereocenters. The molecule has 1 aliphatic heterocycles. The van der Waals surface area contributed by atoms with Gasteiger partial charge in [0.15, 0.2) is 0 Å². The van der Waals surface area contributed by atoms with Crippen LogP contribution in [-0.2, 0) is 9.59 Å². The molecule has 2 atom stereocenters. The highest BCUT2D eigenvalue weighted by Gasteiger charge is 2.33. The van der Waals surface area contributed by atoms with E-state index in [-0.39, 0.29) is 24.2 Å². The highest BCUT2D eigenvalue weighted by molar-refractivity contribution is 6.31. The molecule has 0 saturated carbocycles. The number of aliphatic hydroxyl groups excluding tert-OH is 1. The summed E-state index contributed by atoms with van der Waals surface area (Å²) in [7, 11) is 0. The van der Waals surface area contributed by atoms with Crippen molar-refractivity contribution in [3.8, 4) is 0 Å². The summed E-state index contributed by atoms with van der Waals surface area (Å²) in [5, 5.41) is 13.0. The highest BCUT2D eigenvalue weighted by atomic mass is 35.5. The topological polar surface area (TPSA) is 69.6 Å². The van der Waals surface area contributed by atoms with Crippen molar-refractivity contribution < 1.29 is 14.7 Å². The Hall–Kier alpha value is -1.59. The molecule has 1 fully saturated rings. The molecule has 1 aromatic rings. The minimum Gasteiger partial charge on any atom is -0.392 e. The number of rotatable bonds is 5. The van der Waals surface area contributed by atoms with E-state index in [1.165, 1.54) is 0 Å². The molecule has 1 aliphatic rings. The number of anilines is 1. The van der Waals surface area contributed by atoms with E-state index in [1.54, 1.807) is 23.1 Å². The molecule has 1 aromatic carbocycles. The van der Waals surface area contributed by atoms with Crippen LogP contribution in [0.1, 0.15) is 26.7 Å². The van der Waals surface area contributed by atoms with E-state index in [4.69, 9.17) is 11.6 Å². The van der Waals surface area contributed by atoms with Crippen molar-refractivity contribution in [1.82, 2.24) is 5.32 Å². The van der Waals surface area contributed by atoms with E-state index >= 15 is 0 Å². The summed E-state index contributed by atoms with van der Waals surface area (Å²) in [6.45, 7) is 4.23. The van der Waals surface area contributed by atoms with Crippen molar-refractivity contribution in [3.05, 3.63) is 29.3 Å². The zero-order valence-corrected chi connectivity index (χ0v) is 13.5. The Kier molecular flexibility index (Phi) is 5.42. The normalized spacial score (nSPS) is 19.6. The second-order valence-electron chi connectivity index (χ2n) is 5.89. The van der Waals surface area contributed by atoms with Crippen molar-refractivity contribution in [1.29, 1.82) is 0 Å². The van der Waals surface area contributed by atoms with E-state index in [0.29, 0.717) is 18.0 Å². The van der Waals surface area contributed by atoms with Crippen molar-refractivity contribution in [2.24, 2.45) is 5.92 Å². The molecule has 2 rings (SSSR count). The van der Waals surface area contributed by atoms with Crippen LogP contribution < -0.4 is 10.2 Å². The number of hydrogen-bond acceptors (Lipinski definition) is 3. The molecule has 0 bridgehead atoms. The Bertz CT molecular complexity index is 562. The third kappa shape index (κ3) is 3.99. The van der Waals surface area contributed by atoms with Gasteiger partial charge >= 0.3 is 0 Å². The molecular weight excluding hydrogens is 304 g/mol. The van der Waals surface area contributed by atoms with Crippen LogP contribution in [0.3, 0.4) is 0 Å². The molecule has 2 amide bonds. The van der Waals surface area contributed by atoms with E-state index in [0.717, 1.165) is 5.69 Å². The van der Waals surface area contributed by atoms with Crippen molar-refractivity contribution in [2.75, 3.05) is 11.4 Å². The number of carbonyl (C=O) groups is 2. The summed E-state index contributed by atoms with van der Waals surface area (Å²) >= 11 is 5.94. The van der Waals surface area contributed by atoms with Crippen LogP contribution in [-0.4, -0.2) is 35.6 Å². The summed E-state index contributed by atoms with van der Waals surface area (Å²) in [5.74, 6) is -0.435. The minimum atomic E-state index is -0.694. The smallest absolute Gasteiger partial charge is 0.249 e. The van der Waals surface area contributed by atoms with Crippen LogP contribution in [0.2, 0.25) is 5.02 Å². The Labute approximate surface area is 135 Å². The fourth-order valence-electron chi connectivity index (χ4n) is 2.39. The molecular formula is C16H21ClN2O3. The van der Waals surface area contributed by atoms with Gasteiger partial charge in [0.1, 0.15) is 6.04 Å². The first-order chi connectivity index (χ1) is 10.4. The number of amides is 2. The molecule has 120 valence electrons. The molecule has 0 aromatic heterocycles. The first kappa shape index (κ1) is 16.8. The largest absolute Gasteiger partial charge is 0.392 e. The maximum atomic E-state index is 12.4. The van der Waals surface area contributed by atoms with Crippen LogP contribution in [0.5, 0.6) is 0 Å². The summed E-state index contributed by atoms with van der Waals surface area (Å²) in [4.78, 5) is 25.9. The summed E-state index contributed by atoms with van der Waals surface area (Å²) in [5.41, 5.74) is 0.733. The van der Waals surface area contributed by atoms with Gasteiger partial charge in [-0.3, -0.25) is 9.59 Å². The van der Waals surface area contributed by atoms with Gasteiger partial charge in [0.25, 0.3) is 0 Å². The number of aliphatic hydroxyl groups is 1. The van der Waals surface area contributed by atoms with E-state index in [2.05, 4.69) is 5.32 Å². The lowest BCUT2D eigenvalue weighted by Gasteiger charge is -2.18. The average molecular weight is 325 g/mol. The van der Waals surface area contributed by atoms with E-state index in [1.807, 2.05) is 19.9 Å². The SMILES string of the molecule is CC(C)[C@H](O)CC(=O)N[C@H]1CCN(c2cccc(Cl)c2)C1=O. The van der Waals surface area contributed by atoms with Crippen LogP contribution in [0, 0.1) is 5.92 Å². The van der Waals surface area contributed by atoms with Gasteiger partial charge in [0, 0.05) is 17.3 Å². The van der Waals surface area contributed by atoms with Crippen molar-refractivity contribution in [2.45, 2.75) is 38.8 Å². The lowest BCUT2D eigenvalue weighted by Crippen LogP contribution is -2.42. The van der Waals surface area contributed by atoms with Gasteiger partial charge < -0.3 is 15.3 Å². The van der Waals surface area contributed by atoms with Crippen LogP contribution in [0.15, 0.2) is 24.3 Å². The molecule has 0 aliphatic carbocycles. The van der Waals surface area contributed by atoms with Gasteiger partial charge in [-0.15, -0.1) is 0 Å². The Morgan fingerprint density at radius 3 is 2.86 bits per heavy atom. The van der Waals surface area contributed by atoms with Crippen LogP contribution in [0.25, 0.3) is 0 Å². The highest BCUT2D eigenvalue weighted by Crippen LogP contribution is 2.24. The number of nitrogens with zero attached hydrogens (tertiary/aromatic N) is 1. The quantitative estimate of drug-likeness (QED) is 0.870. The fraction of sp³-hybridized carbons (Fsp3) is 0.500. The maximum Gasteiger partial charge on any atom is 0.249 e. The van der Waals surface area contributed by atoms with Gasteiger partial charge in [-0.2, -0.15) is 0 Å². The molecule has 5 nitrogen and oxygen atoms in total. The molecule has 1 heterocycles. The van der Waals surface area contributed by atoms with Gasteiger partial charge in [-0.05, 0) is 30.5 Å². The number of carbonyl (C=O) groups excluding carboxylic acids is 2.